The van der Waals surface area contributed by atoms with Crippen molar-refractivity contribution in [2.75, 3.05) is 0 Å². The molecule has 0 saturated heterocycles. The zero-order chi connectivity index (χ0) is 9.97. The molecule has 0 aliphatic heterocycles. The van der Waals surface area contributed by atoms with Gasteiger partial charge in [-0.3, -0.25) is 0 Å². The fourth-order valence-electron chi connectivity index (χ4n) is 1.80. The topological polar surface area (TPSA) is 4.93 Å². The number of allylic oxidation sites excluding steroid dienone is 2. The van der Waals surface area contributed by atoms with Crippen LogP contribution in [0, 0.1) is 6.92 Å². The van der Waals surface area contributed by atoms with E-state index >= 15 is 0 Å². The fourth-order valence-corrected chi connectivity index (χ4v) is 1.80. The summed E-state index contributed by atoms with van der Waals surface area (Å²) in [5, 5.41) is 1.33. The summed E-state index contributed by atoms with van der Waals surface area (Å²) in [6, 6.07) is 10.7. The summed E-state index contributed by atoms with van der Waals surface area (Å²) in [7, 11) is 0. The van der Waals surface area contributed by atoms with Crippen LogP contribution in [-0.4, -0.2) is 4.57 Å². The fraction of sp³-hybridized carbons (Fsp3) is 0.231. The normalized spacial score (nSPS) is 11.6. The Hall–Kier alpha value is -1.50. The van der Waals surface area contributed by atoms with Gasteiger partial charge in [0.05, 0.1) is 0 Å². The highest BCUT2D eigenvalue weighted by atomic mass is 15.0. The van der Waals surface area contributed by atoms with E-state index in [2.05, 4.69) is 60.9 Å². The molecule has 1 heterocycles. The van der Waals surface area contributed by atoms with E-state index in [9.17, 15) is 0 Å². The van der Waals surface area contributed by atoms with Gasteiger partial charge in [-0.25, -0.2) is 0 Å². The van der Waals surface area contributed by atoms with Gasteiger partial charge in [-0.15, -0.1) is 0 Å². The quantitative estimate of drug-likeness (QED) is 0.631. The smallest absolute Gasteiger partial charge is 0.0485 e. The Morgan fingerprint density at radius 1 is 1.29 bits per heavy atom. The average molecular weight is 185 g/mol. The third-order valence-corrected chi connectivity index (χ3v) is 2.54. The molecular formula is C13H15N. The van der Waals surface area contributed by atoms with Crippen molar-refractivity contribution in [3.8, 4) is 0 Å². The highest BCUT2D eigenvalue weighted by Gasteiger charge is 2.01. The Morgan fingerprint density at radius 2 is 2.07 bits per heavy atom. The van der Waals surface area contributed by atoms with E-state index in [1.54, 1.807) is 0 Å². The van der Waals surface area contributed by atoms with Crippen LogP contribution in [0.4, 0.5) is 0 Å². The van der Waals surface area contributed by atoms with Gasteiger partial charge in [-0.2, -0.15) is 0 Å². The summed E-state index contributed by atoms with van der Waals surface area (Å²) in [6.07, 6.45) is 4.27. The molecule has 0 fully saturated rings. The molecule has 1 aromatic heterocycles. The predicted octanol–water partition coefficient (Wildman–Crippen LogP) is 3.53. The Kier molecular flexibility index (Phi) is 2.40. The molecular weight excluding hydrogens is 170 g/mol. The number of fused-ring (bicyclic) bond motifs is 1. The van der Waals surface area contributed by atoms with Crippen LogP contribution in [0.15, 0.2) is 42.5 Å². The maximum absolute atomic E-state index is 2.33. The van der Waals surface area contributed by atoms with Crippen LogP contribution in [0.3, 0.4) is 0 Å². The van der Waals surface area contributed by atoms with E-state index in [1.807, 2.05) is 0 Å². The molecule has 0 aliphatic carbocycles. The van der Waals surface area contributed by atoms with Crippen LogP contribution < -0.4 is 0 Å². The largest absolute Gasteiger partial charge is 0.341 e. The Labute approximate surface area is 84.7 Å². The first-order valence-electron chi connectivity index (χ1n) is 4.99. The van der Waals surface area contributed by atoms with Crippen LogP contribution in [0.1, 0.15) is 12.6 Å². The molecule has 0 N–H and O–H groups in total. The lowest BCUT2D eigenvalue weighted by atomic mass is 10.2. The van der Waals surface area contributed by atoms with E-state index < -0.39 is 0 Å². The van der Waals surface area contributed by atoms with Crippen molar-refractivity contribution in [3.63, 3.8) is 0 Å². The van der Waals surface area contributed by atoms with Crippen LogP contribution in [-0.2, 0) is 6.54 Å². The van der Waals surface area contributed by atoms with E-state index in [4.69, 9.17) is 0 Å². The van der Waals surface area contributed by atoms with Gasteiger partial charge in [0.15, 0.2) is 0 Å². The number of nitrogens with zero attached hydrogens (tertiary/aromatic N) is 1. The van der Waals surface area contributed by atoms with E-state index in [1.165, 1.54) is 16.6 Å². The van der Waals surface area contributed by atoms with E-state index in [0.29, 0.717) is 0 Å². The predicted molar refractivity (Wildman–Crippen MR) is 61.5 cm³/mol. The van der Waals surface area contributed by atoms with Crippen LogP contribution in [0.25, 0.3) is 10.9 Å². The van der Waals surface area contributed by atoms with Gasteiger partial charge in [0.2, 0.25) is 0 Å². The first-order chi connectivity index (χ1) is 6.83. The van der Waals surface area contributed by atoms with Crippen LogP contribution in [0.2, 0.25) is 0 Å². The lowest BCUT2D eigenvalue weighted by Crippen LogP contribution is -1.96. The minimum atomic E-state index is 0.968. The van der Waals surface area contributed by atoms with Crippen molar-refractivity contribution in [3.05, 3.63) is 48.2 Å². The molecule has 0 bridgehead atoms. The highest BCUT2D eigenvalue weighted by molar-refractivity contribution is 5.81. The van der Waals surface area contributed by atoms with Crippen molar-refractivity contribution in [2.45, 2.75) is 20.4 Å². The minimum Gasteiger partial charge on any atom is -0.341 e. The number of rotatable bonds is 2. The van der Waals surface area contributed by atoms with Crippen molar-refractivity contribution in [1.29, 1.82) is 0 Å². The maximum Gasteiger partial charge on any atom is 0.0485 e. The van der Waals surface area contributed by atoms with Crippen molar-refractivity contribution in [1.82, 2.24) is 4.57 Å². The summed E-state index contributed by atoms with van der Waals surface area (Å²) < 4.78 is 2.33. The monoisotopic (exact) mass is 185 g/mol. The third-order valence-electron chi connectivity index (χ3n) is 2.54. The molecule has 0 unspecified atom stereocenters. The molecule has 72 valence electrons. The van der Waals surface area contributed by atoms with Gasteiger partial charge in [0.1, 0.15) is 0 Å². The maximum atomic E-state index is 2.33. The van der Waals surface area contributed by atoms with Crippen LogP contribution >= 0.6 is 0 Å². The van der Waals surface area contributed by atoms with Gasteiger partial charge >= 0.3 is 0 Å². The van der Waals surface area contributed by atoms with Crippen molar-refractivity contribution in [2.24, 2.45) is 0 Å². The molecule has 2 aromatic rings. The molecule has 0 atom stereocenters. The second-order valence-electron chi connectivity index (χ2n) is 3.52. The summed E-state index contributed by atoms with van der Waals surface area (Å²) in [5.74, 6) is 0. The Balaban J connectivity index is 2.56. The van der Waals surface area contributed by atoms with Gasteiger partial charge in [0.25, 0.3) is 0 Å². The summed E-state index contributed by atoms with van der Waals surface area (Å²) in [6.45, 7) is 5.18. The molecule has 2 rings (SSSR count). The number of hydrogen-bond acceptors (Lipinski definition) is 0. The minimum absolute atomic E-state index is 0.968. The van der Waals surface area contributed by atoms with Gasteiger partial charge in [0, 0.05) is 17.8 Å². The third kappa shape index (κ3) is 1.46. The first kappa shape index (κ1) is 9.07. The van der Waals surface area contributed by atoms with Crippen molar-refractivity contribution < 1.29 is 0 Å². The lowest BCUT2D eigenvalue weighted by Gasteiger charge is -2.03. The summed E-state index contributed by atoms with van der Waals surface area (Å²) in [5.41, 5.74) is 2.65. The molecule has 1 nitrogen and oxygen atoms in total. The van der Waals surface area contributed by atoms with Gasteiger partial charge < -0.3 is 4.57 Å². The molecule has 1 aromatic carbocycles. The molecule has 14 heavy (non-hydrogen) atoms. The Bertz CT molecular complexity index is 463. The first-order valence-corrected chi connectivity index (χ1v) is 4.99. The van der Waals surface area contributed by atoms with Crippen LogP contribution in [0.5, 0.6) is 0 Å². The number of aromatic nitrogens is 1. The lowest BCUT2D eigenvalue weighted by molar-refractivity contribution is 0.827. The second-order valence-corrected chi connectivity index (χ2v) is 3.52. The molecule has 0 spiro atoms. The second kappa shape index (κ2) is 3.70. The van der Waals surface area contributed by atoms with E-state index in [-0.39, 0.29) is 0 Å². The van der Waals surface area contributed by atoms with Gasteiger partial charge in [-0.1, -0.05) is 30.4 Å². The standard InChI is InChI=1S/C13H15N/c1-3-4-9-14-11(2)10-12-7-5-6-8-13(12)14/h3-8,10H,9H2,1-2H3. The zero-order valence-electron chi connectivity index (χ0n) is 8.70. The molecule has 0 saturated carbocycles. The SMILES string of the molecule is CC=CCn1c(C)cc2ccccc21. The van der Waals surface area contributed by atoms with Gasteiger partial charge in [-0.05, 0) is 31.4 Å². The van der Waals surface area contributed by atoms with E-state index in [0.717, 1.165) is 6.54 Å². The molecule has 1 heteroatoms. The zero-order valence-corrected chi connectivity index (χ0v) is 8.70. The van der Waals surface area contributed by atoms with Crippen molar-refractivity contribution >= 4 is 10.9 Å². The molecule has 0 radical (unpaired) electrons. The summed E-state index contributed by atoms with van der Waals surface area (Å²) >= 11 is 0. The highest BCUT2D eigenvalue weighted by Crippen LogP contribution is 2.18. The summed E-state index contributed by atoms with van der Waals surface area (Å²) in [4.78, 5) is 0. The average Bonchev–Trinajstić information content (AvgIpc) is 2.51. The molecule has 0 amide bonds. The number of aryl methyl sites for hydroxylation is 1. The number of para-hydroxylation sites is 1. The number of hydrogen-bond donors (Lipinski definition) is 0. The number of benzene rings is 1. The Morgan fingerprint density at radius 3 is 2.86 bits per heavy atom. The molecule has 0 aliphatic rings.